The van der Waals surface area contributed by atoms with E-state index in [2.05, 4.69) is 98.2 Å². The Kier molecular flexibility index (Phi) is 17.6. The third kappa shape index (κ3) is 11.2. The molecule has 12 heteroatoms. The van der Waals surface area contributed by atoms with Gasteiger partial charge in [-0.25, -0.2) is 0 Å². The summed E-state index contributed by atoms with van der Waals surface area (Å²) in [6.45, 7) is 8.32. The van der Waals surface area contributed by atoms with Crippen molar-refractivity contribution in [3.05, 3.63) is 215 Å². The highest BCUT2D eigenvalue weighted by atomic mass is 79.9. The summed E-state index contributed by atoms with van der Waals surface area (Å²) in [5, 5.41) is 24.9. The zero-order valence-corrected chi connectivity index (χ0v) is 42.9. The van der Waals surface area contributed by atoms with Gasteiger partial charge in [0.15, 0.2) is 0 Å². The molecule has 9 aromatic carbocycles. The first-order valence-electron chi connectivity index (χ1n) is 23.5. The van der Waals surface area contributed by atoms with Crippen molar-refractivity contribution in [3.63, 3.8) is 0 Å². The van der Waals surface area contributed by atoms with Gasteiger partial charge in [0, 0.05) is 36.8 Å². The highest BCUT2D eigenvalue weighted by Gasteiger charge is 2.52. The van der Waals surface area contributed by atoms with Gasteiger partial charge in [0.25, 0.3) is 0 Å². The second-order valence-electron chi connectivity index (χ2n) is 18.3. The van der Waals surface area contributed by atoms with E-state index < -0.39 is 14.2 Å². The van der Waals surface area contributed by atoms with Crippen LogP contribution in [0.5, 0.6) is 0 Å². The zero-order valence-electron chi connectivity index (χ0n) is 39.8. The average molecular weight is 1100 g/mol. The molecular weight excluding hydrogens is 1040 g/mol. The smallest absolute Gasteiger partial charge is 0.456 e. The summed E-state index contributed by atoms with van der Waals surface area (Å²) in [6.07, 6.45) is 0. The molecule has 0 spiro atoms. The first-order chi connectivity index (χ1) is 34.8. The topological polar surface area (TPSA) is 98.3 Å². The molecule has 0 aliphatic carbocycles. The summed E-state index contributed by atoms with van der Waals surface area (Å²) in [4.78, 5) is 0. The first-order valence-corrected chi connectivity index (χ1v) is 25.0. The number of rotatable bonds is 4. The molecule has 1 fully saturated rings. The molecule has 2 N–H and O–H groups in total. The van der Waals surface area contributed by atoms with Gasteiger partial charge in [-0.1, -0.05) is 207 Å². The number of hydrogen-bond acceptors (Lipinski definition) is 7. The lowest BCUT2D eigenvalue weighted by atomic mass is 9.76. The van der Waals surface area contributed by atoms with E-state index in [0.717, 1.165) is 96.9 Å². The van der Waals surface area contributed by atoms with Crippen molar-refractivity contribution in [1.82, 2.24) is 0 Å². The van der Waals surface area contributed by atoms with E-state index in [1.54, 1.807) is 24.3 Å². The maximum absolute atomic E-state index is 8.58. The van der Waals surface area contributed by atoms with Crippen LogP contribution in [0.4, 0.5) is 0 Å². The third-order valence-corrected chi connectivity index (χ3v) is 14.5. The fourth-order valence-electron chi connectivity index (χ4n) is 9.01. The van der Waals surface area contributed by atoms with E-state index in [-0.39, 0.29) is 33.5 Å². The third-order valence-electron chi connectivity index (χ3n) is 13.2. The Labute approximate surface area is 458 Å². The van der Waals surface area contributed by atoms with Crippen molar-refractivity contribution >= 4 is 130 Å². The molecule has 1 aliphatic rings. The van der Waals surface area contributed by atoms with Gasteiger partial charge in [0.05, 0.1) is 21.2 Å². The second-order valence-corrected chi connectivity index (χ2v) is 20.0. The van der Waals surface area contributed by atoms with Gasteiger partial charge in [-0.3, -0.25) is 0 Å². The molecule has 75 heavy (non-hydrogen) atoms. The Balaban J connectivity index is 0.000000154. The van der Waals surface area contributed by atoms with E-state index in [0.29, 0.717) is 5.46 Å². The molecule has 3 aromatic heterocycles. The lowest BCUT2D eigenvalue weighted by Gasteiger charge is -2.32. The fourth-order valence-corrected chi connectivity index (χ4v) is 10.1. The number of hydrogen-bond donors (Lipinski definition) is 2. The molecule has 1 saturated heterocycles. The number of furan rings is 3. The molecule has 0 atom stereocenters. The van der Waals surface area contributed by atoms with Crippen LogP contribution in [0.25, 0.3) is 88.1 Å². The molecule has 4 heterocycles. The first kappa shape index (κ1) is 56.1. The van der Waals surface area contributed by atoms with Crippen LogP contribution < -0.4 is 10.9 Å². The second kappa shape index (κ2) is 23.5. The van der Waals surface area contributed by atoms with Gasteiger partial charge < -0.3 is 32.6 Å². The molecule has 0 radical (unpaired) electrons. The Morgan fingerprint density at radius 3 is 1.19 bits per heavy atom. The van der Waals surface area contributed by atoms with Crippen LogP contribution in [0, 0.1) is 0 Å². The monoisotopic (exact) mass is 1100 g/mol. The van der Waals surface area contributed by atoms with Crippen LogP contribution in [0.15, 0.2) is 218 Å². The SMILES string of the molecule is C.C.C.CC1(C)OB(c2cccc3oc4cccc(-c5ccccc5)c4c23)OC1(C)C.Clc1cccc2oc3cccc(-c4ccccc4)c3c12.Clc1cccc2oc3cccc(Br)c3c12.OB(O)c1ccccc1. The molecule has 0 bridgehead atoms. The minimum absolute atomic E-state index is 0. The lowest BCUT2D eigenvalue weighted by Crippen LogP contribution is -2.41. The Morgan fingerprint density at radius 1 is 0.400 bits per heavy atom. The molecule has 0 saturated carbocycles. The Hall–Kier alpha value is -6.59. The molecule has 7 nitrogen and oxygen atoms in total. The van der Waals surface area contributed by atoms with Crippen molar-refractivity contribution in [2.75, 3.05) is 0 Å². The average Bonchev–Trinajstić information content (AvgIpc) is 4.15. The van der Waals surface area contributed by atoms with Crippen molar-refractivity contribution in [2.24, 2.45) is 0 Å². The maximum Gasteiger partial charge on any atom is 0.495 e. The molecule has 12 aromatic rings. The van der Waals surface area contributed by atoms with Crippen LogP contribution >= 0.6 is 39.1 Å². The quantitative estimate of drug-likeness (QED) is 0.169. The van der Waals surface area contributed by atoms with Gasteiger partial charge in [-0.05, 0) is 115 Å². The largest absolute Gasteiger partial charge is 0.495 e. The van der Waals surface area contributed by atoms with Gasteiger partial charge in [-0.2, -0.15) is 0 Å². The van der Waals surface area contributed by atoms with E-state index in [9.17, 15) is 0 Å². The Bertz CT molecular complexity index is 3780. The summed E-state index contributed by atoms with van der Waals surface area (Å²) >= 11 is 16.1. The van der Waals surface area contributed by atoms with Crippen molar-refractivity contribution in [3.8, 4) is 22.3 Å². The van der Waals surface area contributed by atoms with Gasteiger partial charge in [0.2, 0.25) is 0 Å². The van der Waals surface area contributed by atoms with Gasteiger partial charge >= 0.3 is 14.2 Å². The van der Waals surface area contributed by atoms with Crippen LogP contribution in [-0.2, 0) is 9.31 Å². The molecule has 380 valence electrons. The van der Waals surface area contributed by atoms with Crippen LogP contribution in [0.1, 0.15) is 50.0 Å². The van der Waals surface area contributed by atoms with Crippen LogP contribution in [0.3, 0.4) is 0 Å². The van der Waals surface area contributed by atoms with Crippen molar-refractivity contribution in [2.45, 2.75) is 61.2 Å². The van der Waals surface area contributed by atoms with E-state index in [4.69, 9.17) is 55.8 Å². The highest BCUT2D eigenvalue weighted by Crippen LogP contribution is 2.42. The number of fused-ring (bicyclic) bond motifs is 9. The summed E-state index contributed by atoms with van der Waals surface area (Å²) in [6, 6.07) is 65.1. The summed E-state index contributed by atoms with van der Waals surface area (Å²) < 4.78 is 31.5. The zero-order chi connectivity index (χ0) is 50.1. The normalized spacial score (nSPS) is 13.2. The maximum atomic E-state index is 8.58. The minimum Gasteiger partial charge on any atom is -0.456 e. The van der Waals surface area contributed by atoms with Crippen LogP contribution in [0.2, 0.25) is 10.0 Å². The van der Waals surface area contributed by atoms with E-state index in [1.165, 1.54) is 11.1 Å². The number of benzene rings is 9. The minimum atomic E-state index is -1.34. The summed E-state index contributed by atoms with van der Waals surface area (Å²) in [5.74, 6) is 0. The summed E-state index contributed by atoms with van der Waals surface area (Å²) in [7, 11) is -1.77. The van der Waals surface area contributed by atoms with E-state index in [1.807, 2.05) is 121 Å². The number of halogens is 3. The standard InChI is InChI=1S/C24H23BO3.C18H11ClO.C12H6BrClO.C6H7BO2.3CH4/c1-23(2)24(3,4)28-25(27-23)18-13-9-15-20-22(18)21-17(12-8-14-19(21)26-20)16-10-6-5-7-11-16;19-14-9-5-11-16-18(14)17-13(8-4-10-15(17)20-16)12-6-2-1-3-7-12;13-7-3-1-5-9-11(7)12-8(14)4-2-6-10(12)15-9;8-7(9)6-4-2-1-3-5-6;;;/h5-15H,1-4H3;1-11H;1-6H;1-5,8-9H;3*1H4. The predicted molar refractivity (Wildman–Crippen MR) is 322 cm³/mol. The Morgan fingerprint density at radius 2 is 0.747 bits per heavy atom. The molecule has 0 amide bonds. The molecule has 1 aliphatic heterocycles. The fraction of sp³-hybridized carbons (Fsp3) is 0.143. The molecule has 13 rings (SSSR count). The van der Waals surface area contributed by atoms with Crippen molar-refractivity contribution in [1.29, 1.82) is 0 Å². The van der Waals surface area contributed by atoms with Gasteiger partial charge in [-0.15, -0.1) is 0 Å². The predicted octanol–water partition coefficient (Wildman–Crippen LogP) is 17.7. The molecule has 0 unspecified atom stereocenters. The van der Waals surface area contributed by atoms with Crippen molar-refractivity contribution < 1.29 is 32.6 Å². The van der Waals surface area contributed by atoms with Crippen LogP contribution in [-0.4, -0.2) is 35.5 Å². The lowest BCUT2D eigenvalue weighted by molar-refractivity contribution is 0.00578. The highest BCUT2D eigenvalue weighted by molar-refractivity contribution is 9.10. The summed E-state index contributed by atoms with van der Waals surface area (Å²) in [5.41, 5.74) is 10.5. The molecular formula is C63H59B2BrCl2O7. The van der Waals surface area contributed by atoms with Gasteiger partial charge in [0.1, 0.15) is 33.5 Å². The van der Waals surface area contributed by atoms with E-state index >= 15 is 0 Å².